The SMILES string of the molecule is O=S1(=O)C=C[N+](O)(O)S1. The molecule has 0 atom stereocenters. The first-order valence-corrected chi connectivity index (χ1v) is 4.75. The first kappa shape index (κ1) is 7.03. The Morgan fingerprint density at radius 3 is 2.11 bits per heavy atom. The van der Waals surface area contributed by atoms with Crippen LogP contribution in [0, 0.1) is 0 Å². The lowest BCUT2D eigenvalue weighted by Crippen LogP contribution is -2.23. The number of nitrogens with zero attached hydrogens (tertiary/aromatic N) is 1. The fourth-order valence-electron chi connectivity index (χ4n) is 0.356. The first-order chi connectivity index (χ1) is 3.91. The molecule has 0 aromatic carbocycles. The Bertz CT molecular complexity index is 239. The fourth-order valence-corrected chi connectivity index (χ4v) is 2.58. The average molecular weight is 170 g/mol. The highest BCUT2D eigenvalue weighted by atomic mass is 33.1. The van der Waals surface area contributed by atoms with Crippen molar-refractivity contribution in [1.82, 2.24) is 0 Å². The number of rotatable bonds is 0. The van der Waals surface area contributed by atoms with Gasteiger partial charge in [-0.1, -0.05) is 0 Å². The molecule has 1 rings (SSSR count). The molecule has 0 aromatic heterocycles. The number of hydroxylamine groups is 2. The highest BCUT2D eigenvalue weighted by Crippen LogP contribution is 2.31. The summed E-state index contributed by atoms with van der Waals surface area (Å²) in [5.74, 6) is 0. The first-order valence-electron chi connectivity index (χ1n) is 1.91. The Labute approximate surface area is 55.2 Å². The van der Waals surface area contributed by atoms with Crippen LogP contribution in [0.1, 0.15) is 0 Å². The van der Waals surface area contributed by atoms with E-state index in [2.05, 4.69) is 0 Å². The normalized spacial score (nSPS) is 28.7. The van der Waals surface area contributed by atoms with Gasteiger partial charge in [0.2, 0.25) is 0 Å². The van der Waals surface area contributed by atoms with E-state index < -0.39 is 13.1 Å². The molecule has 0 aliphatic carbocycles. The number of quaternary nitrogens is 1. The maximum Gasteiger partial charge on any atom is 0.292 e. The Hall–Kier alpha value is -0.0800. The molecule has 0 radical (unpaired) electrons. The Balaban J connectivity index is 2.97. The topological polar surface area (TPSA) is 74.6 Å². The average Bonchev–Trinajstić information content (AvgIpc) is 1.78. The molecule has 0 fully saturated rings. The minimum Gasteiger partial charge on any atom is -0.207 e. The predicted octanol–water partition coefficient (Wildman–Crippen LogP) is 0.0444. The number of hydrogen-bond donors (Lipinski definition) is 2. The lowest BCUT2D eigenvalue weighted by atomic mass is 11.1. The summed E-state index contributed by atoms with van der Waals surface area (Å²) in [6.07, 6.45) is 0.750. The summed E-state index contributed by atoms with van der Waals surface area (Å²) < 4.78 is 19.1. The van der Waals surface area contributed by atoms with Crippen LogP contribution in [-0.4, -0.2) is 23.0 Å². The molecule has 5 nitrogen and oxygen atoms in total. The van der Waals surface area contributed by atoms with Crippen LogP contribution in [0.3, 0.4) is 0 Å². The molecule has 1 aliphatic heterocycles. The van der Waals surface area contributed by atoms with Crippen molar-refractivity contribution in [2.45, 2.75) is 0 Å². The van der Waals surface area contributed by atoms with Crippen molar-refractivity contribution in [3.05, 3.63) is 11.6 Å². The molecule has 9 heavy (non-hydrogen) atoms. The van der Waals surface area contributed by atoms with Crippen molar-refractivity contribution in [2.75, 3.05) is 0 Å². The lowest BCUT2D eigenvalue weighted by molar-refractivity contribution is -1.11. The van der Waals surface area contributed by atoms with E-state index in [0.717, 1.165) is 11.6 Å². The van der Waals surface area contributed by atoms with Crippen LogP contribution in [0.4, 0.5) is 0 Å². The van der Waals surface area contributed by atoms with E-state index >= 15 is 0 Å². The van der Waals surface area contributed by atoms with Crippen LogP contribution in [0.15, 0.2) is 11.6 Å². The van der Waals surface area contributed by atoms with Crippen LogP contribution >= 0.6 is 11.0 Å². The van der Waals surface area contributed by atoms with Gasteiger partial charge in [0.15, 0.2) is 6.20 Å². The standard InChI is InChI=1S/C2H4NO4S2/c4-3(5)1-2-9(6,7)8-3/h1-2,4-5H/q+1. The maximum absolute atomic E-state index is 10.4. The zero-order valence-electron chi connectivity index (χ0n) is 4.13. The second kappa shape index (κ2) is 1.70. The van der Waals surface area contributed by atoms with Gasteiger partial charge < -0.3 is 0 Å². The Morgan fingerprint density at radius 1 is 1.44 bits per heavy atom. The van der Waals surface area contributed by atoms with Crippen molar-refractivity contribution >= 4 is 19.8 Å². The molecular weight excluding hydrogens is 166 g/mol. The van der Waals surface area contributed by atoms with E-state index in [1.54, 1.807) is 0 Å². The van der Waals surface area contributed by atoms with Gasteiger partial charge in [-0.15, -0.1) is 0 Å². The van der Waals surface area contributed by atoms with Crippen LogP contribution in [0.25, 0.3) is 0 Å². The van der Waals surface area contributed by atoms with Crippen LogP contribution in [0.5, 0.6) is 0 Å². The summed E-state index contributed by atoms with van der Waals surface area (Å²) in [6, 6.07) is 0. The number of hydrogen-bond acceptors (Lipinski definition) is 5. The third-order valence-corrected chi connectivity index (χ3v) is 3.25. The molecule has 1 aliphatic rings. The minimum absolute atomic E-state index is 0.0347. The molecule has 0 unspecified atom stereocenters. The van der Waals surface area contributed by atoms with Crippen molar-refractivity contribution in [3.63, 3.8) is 0 Å². The molecule has 0 saturated heterocycles. The second-order valence-corrected chi connectivity index (χ2v) is 5.23. The summed E-state index contributed by atoms with van der Waals surface area (Å²) in [5.41, 5.74) is 0. The molecule has 0 saturated carbocycles. The van der Waals surface area contributed by atoms with E-state index in [9.17, 15) is 8.42 Å². The Morgan fingerprint density at radius 2 is 2.00 bits per heavy atom. The van der Waals surface area contributed by atoms with Crippen LogP contribution < -0.4 is 0 Å². The zero-order chi connectivity index (χ0) is 7.12. The maximum atomic E-state index is 10.4. The molecule has 7 heteroatoms. The fraction of sp³-hybridized carbons (Fsp3) is 0. The van der Waals surface area contributed by atoms with Gasteiger partial charge in [0.1, 0.15) is 5.41 Å². The second-order valence-electron chi connectivity index (χ2n) is 1.44. The molecule has 52 valence electrons. The molecule has 0 bridgehead atoms. The van der Waals surface area contributed by atoms with Gasteiger partial charge in [-0.25, -0.2) is 8.42 Å². The predicted molar refractivity (Wildman–Crippen MR) is 29.5 cm³/mol. The van der Waals surface area contributed by atoms with E-state index in [4.69, 9.17) is 10.4 Å². The van der Waals surface area contributed by atoms with Gasteiger partial charge in [0.05, 0.1) is 4.21 Å². The van der Waals surface area contributed by atoms with Crippen LogP contribution in [-0.2, 0) is 8.87 Å². The van der Waals surface area contributed by atoms with E-state index in [-0.39, 0.29) is 11.0 Å². The summed E-state index contributed by atoms with van der Waals surface area (Å²) in [5, 5.41) is 17.8. The van der Waals surface area contributed by atoms with Crippen molar-refractivity contribution in [1.29, 1.82) is 0 Å². The zero-order valence-corrected chi connectivity index (χ0v) is 5.76. The monoisotopic (exact) mass is 170 g/mol. The largest absolute Gasteiger partial charge is 0.292 e. The third-order valence-electron chi connectivity index (χ3n) is 0.635. The van der Waals surface area contributed by atoms with Crippen molar-refractivity contribution in [3.8, 4) is 0 Å². The van der Waals surface area contributed by atoms with Gasteiger partial charge in [-0.3, -0.25) is 0 Å². The minimum atomic E-state index is -3.45. The van der Waals surface area contributed by atoms with Gasteiger partial charge in [-0.2, -0.15) is 10.4 Å². The smallest absolute Gasteiger partial charge is 0.207 e. The lowest BCUT2D eigenvalue weighted by Gasteiger charge is -2.03. The molecule has 0 spiro atoms. The van der Waals surface area contributed by atoms with Gasteiger partial charge in [0, 0.05) is 0 Å². The summed E-state index contributed by atoms with van der Waals surface area (Å²) in [4.78, 5) is 0. The van der Waals surface area contributed by atoms with E-state index in [1.165, 1.54) is 0 Å². The summed E-state index contributed by atoms with van der Waals surface area (Å²) in [6.45, 7) is 0. The third kappa shape index (κ3) is 1.66. The highest BCUT2D eigenvalue weighted by molar-refractivity contribution is 8.71. The molecule has 0 amide bonds. The molecular formula is C2H4NO4S2+. The van der Waals surface area contributed by atoms with Crippen molar-refractivity contribution in [2.24, 2.45) is 0 Å². The van der Waals surface area contributed by atoms with Gasteiger partial charge >= 0.3 is 0 Å². The molecule has 1 heterocycles. The molecule has 2 N–H and O–H groups in total. The van der Waals surface area contributed by atoms with Gasteiger partial charge in [-0.05, 0) is 0 Å². The Kier molecular flexibility index (Phi) is 1.33. The van der Waals surface area contributed by atoms with E-state index in [0.29, 0.717) is 0 Å². The molecule has 0 aromatic rings. The van der Waals surface area contributed by atoms with Crippen LogP contribution in [0.2, 0.25) is 0 Å². The van der Waals surface area contributed by atoms with Gasteiger partial charge in [0.25, 0.3) is 19.8 Å². The quantitative estimate of drug-likeness (QED) is 0.305. The highest BCUT2D eigenvalue weighted by Gasteiger charge is 2.38. The van der Waals surface area contributed by atoms with E-state index in [1.807, 2.05) is 0 Å². The van der Waals surface area contributed by atoms with Crippen molar-refractivity contribution < 1.29 is 23.0 Å². The summed E-state index contributed by atoms with van der Waals surface area (Å²) in [7, 11) is -3.41. The summed E-state index contributed by atoms with van der Waals surface area (Å²) >= 11 is 0.